The number of halogens is 1. The average molecular weight is 347 g/mol. The van der Waals surface area contributed by atoms with Crippen molar-refractivity contribution in [1.82, 2.24) is 0 Å². The number of carboxylic acids is 1. The van der Waals surface area contributed by atoms with E-state index in [9.17, 15) is 9.59 Å². The van der Waals surface area contributed by atoms with Crippen molar-refractivity contribution >= 4 is 35.3 Å². The van der Waals surface area contributed by atoms with Crippen molar-refractivity contribution in [2.24, 2.45) is 0 Å². The van der Waals surface area contributed by atoms with Gasteiger partial charge in [0.15, 0.2) is 0 Å². The lowest BCUT2D eigenvalue weighted by Crippen LogP contribution is -2.12. The standard InChI is InChI=1S/C15H19ClO5S/c1-3-20-5-6-21-15(19)11-9-12(16)13(8-10(11)2)22-7-4-14(17)18/h8-9H,3-7H2,1-2H3,(H,17,18). The summed E-state index contributed by atoms with van der Waals surface area (Å²) < 4.78 is 10.2. The maximum Gasteiger partial charge on any atom is 0.338 e. The number of benzene rings is 1. The smallest absolute Gasteiger partial charge is 0.338 e. The molecule has 22 heavy (non-hydrogen) atoms. The van der Waals surface area contributed by atoms with Gasteiger partial charge in [-0.15, -0.1) is 11.8 Å². The molecule has 5 nitrogen and oxygen atoms in total. The van der Waals surface area contributed by atoms with E-state index < -0.39 is 11.9 Å². The van der Waals surface area contributed by atoms with Crippen LogP contribution in [-0.4, -0.2) is 42.6 Å². The maximum atomic E-state index is 12.0. The molecule has 0 saturated heterocycles. The number of rotatable bonds is 9. The van der Waals surface area contributed by atoms with Gasteiger partial charge in [-0.3, -0.25) is 4.79 Å². The first-order valence-corrected chi connectivity index (χ1v) is 8.21. The Bertz CT molecular complexity index is 533. The molecule has 122 valence electrons. The van der Waals surface area contributed by atoms with E-state index in [0.29, 0.717) is 29.6 Å². The van der Waals surface area contributed by atoms with Crippen molar-refractivity contribution in [3.63, 3.8) is 0 Å². The van der Waals surface area contributed by atoms with Crippen LogP contribution in [0.3, 0.4) is 0 Å². The largest absolute Gasteiger partial charge is 0.481 e. The van der Waals surface area contributed by atoms with Gasteiger partial charge in [-0.1, -0.05) is 11.6 Å². The number of aliphatic carboxylic acids is 1. The van der Waals surface area contributed by atoms with Crippen LogP contribution < -0.4 is 0 Å². The highest BCUT2D eigenvalue weighted by Crippen LogP contribution is 2.30. The normalized spacial score (nSPS) is 10.5. The van der Waals surface area contributed by atoms with Crippen LogP contribution in [0.15, 0.2) is 17.0 Å². The number of carbonyl (C=O) groups excluding carboxylic acids is 1. The predicted octanol–water partition coefficient (Wildman–Crippen LogP) is 3.41. The van der Waals surface area contributed by atoms with Gasteiger partial charge in [-0.25, -0.2) is 4.79 Å². The maximum absolute atomic E-state index is 12.0. The Labute approximate surface area is 138 Å². The molecule has 0 spiro atoms. The molecular weight excluding hydrogens is 328 g/mol. The van der Waals surface area contributed by atoms with Gasteiger partial charge in [0.1, 0.15) is 6.61 Å². The van der Waals surface area contributed by atoms with E-state index in [-0.39, 0.29) is 13.0 Å². The van der Waals surface area contributed by atoms with Crippen LogP contribution in [0, 0.1) is 6.92 Å². The fourth-order valence-corrected chi connectivity index (χ4v) is 2.93. The lowest BCUT2D eigenvalue weighted by Gasteiger charge is -2.10. The van der Waals surface area contributed by atoms with E-state index in [4.69, 9.17) is 26.2 Å². The highest BCUT2D eigenvalue weighted by molar-refractivity contribution is 7.99. The lowest BCUT2D eigenvalue weighted by atomic mass is 10.1. The molecule has 0 bridgehead atoms. The van der Waals surface area contributed by atoms with Crippen molar-refractivity contribution in [3.05, 3.63) is 28.3 Å². The first-order valence-electron chi connectivity index (χ1n) is 6.85. The Morgan fingerprint density at radius 2 is 2.05 bits per heavy atom. The summed E-state index contributed by atoms with van der Waals surface area (Å²) >= 11 is 7.49. The molecule has 0 aromatic heterocycles. The van der Waals surface area contributed by atoms with Crippen molar-refractivity contribution in [2.45, 2.75) is 25.2 Å². The summed E-state index contributed by atoms with van der Waals surface area (Å²) in [6.45, 7) is 4.78. The van der Waals surface area contributed by atoms with Crippen molar-refractivity contribution in [2.75, 3.05) is 25.6 Å². The number of ether oxygens (including phenoxy) is 2. The van der Waals surface area contributed by atoms with Crippen molar-refractivity contribution in [3.8, 4) is 0 Å². The lowest BCUT2D eigenvalue weighted by molar-refractivity contribution is -0.136. The second-order valence-electron chi connectivity index (χ2n) is 4.42. The van der Waals surface area contributed by atoms with Crippen LogP contribution in [0.2, 0.25) is 5.02 Å². The van der Waals surface area contributed by atoms with E-state index in [1.165, 1.54) is 11.8 Å². The summed E-state index contributed by atoms with van der Waals surface area (Å²) in [5.74, 6) is -0.872. The SMILES string of the molecule is CCOCCOC(=O)c1cc(Cl)c(SCCC(=O)O)cc1C. The number of carbonyl (C=O) groups is 2. The Morgan fingerprint density at radius 3 is 2.68 bits per heavy atom. The van der Waals surface area contributed by atoms with Crippen LogP contribution in [0.5, 0.6) is 0 Å². The highest BCUT2D eigenvalue weighted by atomic mass is 35.5. The van der Waals surface area contributed by atoms with E-state index in [1.54, 1.807) is 19.1 Å². The Balaban J connectivity index is 2.67. The molecular formula is C15H19ClO5S. The molecule has 0 saturated carbocycles. The zero-order valence-electron chi connectivity index (χ0n) is 12.6. The van der Waals surface area contributed by atoms with E-state index in [0.717, 1.165) is 10.5 Å². The predicted molar refractivity (Wildman–Crippen MR) is 85.9 cm³/mol. The summed E-state index contributed by atoms with van der Waals surface area (Å²) in [4.78, 5) is 23.2. The minimum Gasteiger partial charge on any atom is -0.481 e. The summed E-state index contributed by atoms with van der Waals surface area (Å²) in [5, 5.41) is 9.05. The molecule has 0 heterocycles. The van der Waals surface area contributed by atoms with Crippen LogP contribution >= 0.6 is 23.4 Å². The summed E-state index contributed by atoms with van der Waals surface area (Å²) in [6.07, 6.45) is 0.0568. The van der Waals surface area contributed by atoms with Crippen LogP contribution in [0.1, 0.15) is 29.3 Å². The van der Waals surface area contributed by atoms with Gasteiger partial charge in [-0.2, -0.15) is 0 Å². The van der Waals surface area contributed by atoms with Crippen molar-refractivity contribution < 1.29 is 24.2 Å². The molecule has 1 aromatic carbocycles. The third kappa shape index (κ3) is 6.25. The summed E-state index contributed by atoms with van der Waals surface area (Å²) in [6, 6.07) is 3.33. The molecule has 0 radical (unpaired) electrons. The molecule has 0 atom stereocenters. The summed E-state index contributed by atoms with van der Waals surface area (Å²) in [7, 11) is 0. The van der Waals surface area contributed by atoms with Gasteiger partial charge in [0.05, 0.1) is 23.6 Å². The molecule has 1 aromatic rings. The first kappa shape index (κ1) is 18.8. The molecule has 0 aliphatic carbocycles. The monoisotopic (exact) mass is 346 g/mol. The quantitative estimate of drug-likeness (QED) is 0.419. The first-order chi connectivity index (χ1) is 10.5. The molecule has 0 aliphatic heterocycles. The van der Waals surface area contributed by atoms with Gasteiger partial charge < -0.3 is 14.6 Å². The minimum absolute atomic E-state index is 0.0568. The molecule has 0 aliphatic rings. The highest BCUT2D eigenvalue weighted by Gasteiger charge is 2.14. The molecule has 0 amide bonds. The number of esters is 1. The number of thioether (sulfide) groups is 1. The fraction of sp³-hybridized carbons (Fsp3) is 0.467. The van der Waals surface area contributed by atoms with Crippen LogP contribution in [-0.2, 0) is 14.3 Å². The fourth-order valence-electron chi connectivity index (χ4n) is 1.65. The second-order valence-corrected chi connectivity index (χ2v) is 5.97. The number of carboxylic acid groups (broad SMARTS) is 1. The van der Waals surface area contributed by atoms with Gasteiger partial charge in [0, 0.05) is 17.3 Å². The second kappa shape index (κ2) is 9.71. The Hall–Kier alpha value is -1.24. The van der Waals surface area contributed by atoms with E-state index in [1.807, 2.05) is 6.92 Å². The van der Waals surface area contributed by atoms with Crippen LogP contribution in [0.25, 0.3) is 0 Å². The number of hydrogen-bond donors (Lipinski definition) is 1. The third-order valence-corrected chi connectivity index (χ3v) is 4.22. The van der Waals surface area contributed by atoms with E-state index in [2.05, 4.69) is 0 Å². The molecule has 7 heteroatoms. The zero-order chi connectivity index (χ0) is 16.5. The number of hydrogen-bond acceptors (Lipinski definition) is 5. The third-order valence-electron chi connectivity index (χ3n) is 2.74. The zero-order valence-corrected chi connectivity index (χ0v) is 14.1. The van der Waals surface area contributed by atoms with Gasteiger partial charge >= 0.3 is 11.9 Å². The Kier molecular flexibility index (Phi) is 8.30. The molecule has 1 rings (SSSR count). The summed E-state index contributed by atoms with van der Waals surface area (Å²) in [5.41, 5.74) is 1.15. The molecule has 0 unspecified atom stereocenters. The van der Waals surface area contributed by atoms with Crippen LogP contribution in [0.4, 0.5) is 0 Å². The molecule has 0 fully saturated rings. The van der Waals surface area contributed by atoms with Gasteiger partial charge in [0.2, 0.25) is 0 Å². The molecule has 1 N–H and O–H groups in total. The van der Waals surface area contributed by atoms with Crippen molar-refractivity contribution in [1.29, 1.82) is 0 Å². The van der Waals surface area contributed by atoms with E-state index >= 15 is 0 Å². The van der Waals surface area contributed by atoms with Gasteiger partial charge in [0.25, 0.3) is 0 Å². The average Bonchev–Trinajstić information content (AvgIpc) is 2.46. The minimum atomic E-state index is -0.852. The van der Waals surface area contributed by atoms with Gasteiger partial charge in [-0.05, 0) is 31.5 Å². The topological polar surface area (TPSA) is 72.8 Å². The Morgan fingerprint density at radius 1 is 1.32 bits per heavy atom. The number of aryl methyl sites for hydroxylation is 1.